The minimum atomic E-state index is -5.08. The molecule has 0 radical (unpaired) electrons. The highest BCUT2D eigenvalue weighted by Gasteiger charge is 2.48. The molecule has 1 heterocycles. The van der Waals surface area contributed by atoms with E-state index in [1.165, 1.54) is 6.42 Å². The summed E-state index contributed by atoms with van der Waals surface area (Å²) in [5, 5.41) is 10.4. The number of carbonyl (C=O) groups is 2. The Morgan fingerprint density at radius 1 is 1.22 bits per heavy atom. The molecular formula is C15H16F3NO4. The Balaban J connectivity index is 0.000000236. The highest BCUT2D eigenvalue weighted by molar-refractivity contribution is 5.76. The van der Waals surface area contributed by atoms with Crippen molar-refractivity contribution in [3.63, 3.8) is 0 Å². The number of piperidine rings is 1. The predicted molar refractivity (Wildman–Crippen MR) is 73.4 cm³/mol. The Hall–Kier alpha value is -2.09. The summed E-state index contributed by atoms with van der Waals surface area (Å²) < 4.78 is 37.0. The first-order valence-corrected chi connectivity index (χ1v) is 7.04. The lowest BCUT2D eigenvalue weighted by Crippen LogP contribution is -2.35. The number of ether oxygens (including phenoxy) is 1. The molecule has 3 rings (SSSR count). The van der Waals surface area contributed by atoms with Crippen LogP contribution in [0.5, 0.6) is 0 Å². The van der Waals surface area contributed by atoms with E-state index in [9.17, 15) is 18.0 Å². The number of hydrogen-bond acceptors (Lipinski definition) is 4. The third-order valence-electron chi connectivity index (χ3n) is 3.63. The van der Waals surface area contributed by atoms with Crippen LogP contribution in [-0.2, 0) is 20.9 Å². The molecule has 2 fully saturated rings. The molecule has 1 saturated carbocycles. The van der Waals surface area contributed by atoms with Crippen molar-refractivity contribution in [2.45, 2.75) is 37.7 Å². The molecule has 0 bridgehead atoms. The molecule has 0 aromatic heterocycles. The van der Waals surface area contributed by atoms with Crippen molar-refractivity contribution in [1.82, 2.24) is 5.32 Å². The van der Waals surface area contributed by atoms with E-state index in [0.717, 1.165) is 17.9 Å². The van der Waals surface area contributed by atoms with E-state index in [1.54, 1.807) is 0 Å². The molecule has 1 aromatic rings. The van der Waals surface area contributed by atoms with Crippen molar-refractivity contribution in [3.8, 4) is 0 Å². The van der Waals surface area contributed by atoms with Crippen LogP contribution in [0, 0.1) is 5.92 Å². The van der Waals surface area contributed by atoms with E-state index in [-0.39, 0.29) is 12.0 Å². The summed E-state index contributed by atoms with van der Waals surface area (Å²) >= 11 is 0. The zero-order chi connectivity index (χ0) is 17.0. The zero-order valence-corrected chi connectivity index (χ0v) is 12.0. The molecule has 1 aromatic carbocycles. The topological polar surface area (TPSA) is 75.6 Å². The van der Waals surface area contributed by atoms with Gasteiger partial charge in [0.05, 0.1) is 0 Å². The Kier molecular flexibility index (Phi) is 5.25. The molecule has 1 saturated heterocycles. The lowest BCUT2D eigenvalue weighted by Gasteiger charge is -2.12. The number of nitrogens with one attached hydrogen (secondary N) is 1. The summed E-state index contributed by atoms with van der Waals surface area (Å²) in [6.45, 7) is 0.382. The van der Waals surface area contributed by atoms with Crippen molar-refractivity contribution in [2.75, 3.05) is 0 Å². The Bertz CT molecular complexity index is 552. The molecule has 2 aliphatic rings. The van der Waals surface area contributed by atoms with E-state index in [2.05, 4.69) is 5.32 Å². The first-order valence-electron chi connectivity index (χ1n) is 7.04. The fraction of sp³-hybridized carbons (Fsp3) is 0.467. The number of fused-ring (bicyclic) bond motifs is 1. The summed E-state index contributed by atoms with van der Waals surface area (Å²) in [5.74, 6) is -2.13. The van der Waals surface area contributed by atoms with Crippen LogP contribution in [0.2, 0.25) is 0 Å². The maximum Gasteiger partial charge on any atom is 0.490 e. The molecule has 126 valence electrons. The van der Waals surface area contributed by atoms with Crippen LogP contribution in [0.3, 0.4) is 0 Å². The Morgan fingerprint density at radius 2 is 1.83 bits per heavy atom. The van der Waals surface area contributed by atoms with Crippen LogP contribution < -0.4 is 5.32 Å². The van der Waals surface area contributed by atoms with E-state index >= 15 is 0 Å². The monoisotopic (exact) mass is 331 g/mol. The average Bonchev–Trinajstić information content (AvgIpc) is 3.11. The molecular weight excluding hydrogens is 315 g/mol. The van der Waals surface area contributed by atoms with Crippen molar-refractivity contribution >= 4 is 11.9 Å². The second kappa shape index (κ2) is 6.99. The van der Waals surface area contributed by atoms with Crippen LogP contribution in [0.25, 0.3) is 0 Å². The molecule has 0 spiro atoms. The number of carboxylic acids is 1. The smallest absolute Gasteiger partial charge is 0.475 e. The number of aliphatic carboxylic acids is 1. The quantitative estimate of drug-likeness (QED) is 0.830. The van der Waals surface area contributed by atoms with Gasteiger partial charge in [-0.25, -0.2) is 4.79 Å². The molecule has 0 amide bonds. The maximum atomic E-state index is 11.7. The summed E-state index contributed by atoms with van der Waals surface area (Å²) in [6, 6.07) is 10.3. The number of carbonyl (C=O) groups excluding carboxylic acids is 1. The lowest BCUT2D eigenvalue weighted by atomic mass is 10.2. The molecule has 0 unspecified atom stereocenters. The van der Waals surface area contributed by atoms with Crippen LogP contribution in [0.1, 0.15) is 18.4 Å². The molecule has 3 atom stereocenters. The maximum absolute atomic E-state index is 11.7. The van der Waals surface area contributed by atoms with Crippen molar-refractivity contribution < 1.29 is 32.6 Å². The van der Waals surface area contributed by atoms with Gasteiger partial charge in [-0.1, -0.05) is 30.3 Å². The lowest BCUT2D eigenvalue weighted by molar-refractivity contribution is -0.192. The minimum absolute atomic E-state index is 0.0625. The molecule has 5 nitrogen and oxygen atoms in total. The van der Waals surface area contributed by atoms with Gasteiger partial charge in [0.25, 0.3) is 0 Å². The fourth-order valence-corrected chi connectivity index (χ4v) is 2.33. The van der Waals surface area contributed by atoms with Crippen molar-refractivity contribution in [3.05, 3.63) is 35.9 Å². The zero-order valence-electron chi connectivity index (χ0n) is 12.0. The summed E-state index contributed by atoms with van der Waals surface area (Å²) in [4.78, 5) is 20.6. The molecule has 1 aliphatic heterocycles. The highest BCUT2D eigenvalue weighted by Crippen LogP contribution is 2.40. The number of carboxylic acid groups (broad SMARTS) is 1. The van der Waals surface area contributed by atoms with Gasteiger partial charge in [0.15, 0.2) is 0 Å². The highest BCUT2D eigenvalue weighted by atomic mass is 19.4. The number of benzene rings is 1. The largest absolute Gasteiger partial charge is 0.490 e. The van der Waals surface area contributed by atoms with Crippen LogP contribution >= 0.6 is 0 Å². The van der Waals surface area contributed by atoms with Crippen LogP contribution in [0.15, 0.2) is 30.3 Å². The first kappa shape index (κ1) is 17.3. The van der Waals surface area contributed by atoms with Gasteiger partial charge < -0.3 is 15.2 Å². The number of rotatable bonds is 3. The second-order valence-corrected chi connectivity index (χ2v) is 5.45. The number of hydrogen-bond donors (Lipinski definition) is 2. The van der Waals surface area contributed by atoms with Gasteiger partial charge in [-0.15, -0.1) is 0 Å². The van der Waals surface area contributed by atoms with E-state index < -0.39 is 12.1 Å². The van der Waals surface area contributed by atoms with Gasteiger partial charge in [0.1, 0.15) is 12.6 Å². The Labute approximate surface area is 130 Å². The van der Waals surface area contributed by atoms with Crippen LogP contribution in [-0.4, -0.2) is 35.3 Å². The average molecular weight is 331 g/mol. The van der Waals surface area contributed by atoms with Crippen LogP contribution in [0.4, 0.5) is 13.2 Å². The van der Waals surface area contributed by atoms with Gasteiger partial charge in [-0.05, 0) is 24.3 Å². The van der Waals surface area contributed by atoms with E-state index in [1.807, 2.05) is 30.3 Å². The number of esters is 1. The molecule has 23 heavy (non-hydrogen) atoms. The number of alkyl halides is 3. The summed E-state index contributed by atoms with van der Waals surface area (Å²) in [6.07, 6.45) is -2.89. The molecule has 8 heteroatoms. The first-order chi connectivity index (χ1) is 10.8. The summed E-state index contributed by atoms with van der Waals surface area (Å²) in [5.41, 5.74) is 1.04. The fourth-order valence-electron chi connectivity index (χ4n) is 2.33. The molecule has 1 aliphatic carbocycles. The Morgan fingerprint density at radius 3 is 2.30 bits per heavy atom. The van der Waals surface area contributed by atoms with Crippen molar-refractivity contribution in [1.29, 1.82) is 0 Å². The minimum Gasteiger partial charge on any atom is -0.475 e. The SMILES string of the molecule is O=C(O)C(F)(F)F.O=C(OCc1ccccc1)[C@@H]1C[C@H]2C[C@H]2N1. The van der Waals surface area contributed by atoms with Crippen molar-refractivity contribution in [2.24, 2.45) is 5.92 Å². The number of halogens is 3. The van der Waals surface area contributed by atoms with E-state index in [4.69, 9.17) is 14.6 Å². The standard InChI is InChI=1S/C13H15NO2.C2HF3O2/c15-13(12-7-10-6-11(10)14-12)16-8-9-4-2-1-3-5-9;3-2(4,5)1(6)7/h1-5,10-12,14H,6-8H2;(H,6,7)/t10-,11-,12+;/m1./s1. The molecule has 2 N–H and O–H groups in total. The normalized spacial score (nSPS) is 24.9. The predicted octanol–water partition coefficient (Wildman–Crippen LogP) is 2.11. The third-order valence-corrected chi connectivity index (χ3v) is 3.63. The van der Waals surface area contributed by atoms with Gasteiger partial charge >= 0.3 is 18.1 Å². The van der Waals surface area contributed by atoms with Gasteiger partial charge in [0.2, 0.25) is 0 Å². The van der Waals surface area contributed by atoms with Gasteiger partial charge in [0, 0.05) is 6.04 Å². The second-order valence-electron chi connectivity index (χ2n) is 5.45. The summed E-state index contributed by atoms with van der Waals surface area (Å²) in [7, 11) is 0. The van der Waals surface area contributed by atoms with Gasteiger partial charge in [-0.3, -0.25) is 4.79 Å². The van der Waals surface area contributed by atoms with Gasteiger partial charge in [-0.2, -0.15) is 13.2 Å². The van der Waals surface area contributed by atoms with E-state index in [0.29, 0.717) is 12.6 Å². The third kappa shape index (κ3) is 5.24.